The maximum absolute atomic E-state index is 13.0. The fraction of sp³-hybridized carbons (Fsp3) is 0.222. The number of nitrogens with one attached hydrogen (secondary N) is 1. The van der Waals surface area contributed by atoms with E-state index in [0.717, 1.165) is 50.2 Å². The quantitative estimate of drug-likeness (QED) is 0.359. The van der Waals surface area contributed by atoms with E-state index in [2.05, 4.69) is 57.9 Å². The van der Waals surface area contributed by atoms with Crippen molar-refractivity contribution in [3.63, 3.8) is 0 Å². The number of nitrogens with zero attached hydrogens (tertiary/aromatic N) is 2. The van der Waals surface area contributed by atoms with Gasteiger partial charge < -0.3 is 9.88 Å². The first-order valence-corrected chi connectivity index (χ1v) is 12.9. The average molecular weight is 552 g/mol. The third-order valence-corrected chi connectivity index (χ3v) is 7.42. The van der Waals surface area contributed by atoms with Crippen LogP contribution in [0, 0.1) is 20.8 Å². The average Bonchev–Trinajstić information content (AvgIpc) is 3.24. The summed E-state index contributed by atoms with van der Waals surface area (Å²) in [6.45, 7) is 7.95. The molecule has 0 saturated carbocycles. The van der Waals surface area contributed by atoms with Crippen LogP contribution < -0.4 is 5.32 Å². The van der Waals surface area contributed by atoms with Crippen molar-refractivity contribution in [3.05, 3.63) is 86.0 Å². The second-order valence-corrected chi connectivity index (χ2v) is 10.3. The van der Waals surface area contributed by atoms with E-state index in [1.165, 1.54) is 11.1 Å². The van der Waals surface area contributed by atoms with Gasteiger partial charge in [0.2, 0.25) is 5.91 Å². The van der Waals surface area contributed by atoms with Gasteiger partial charge >= 0.3 is 0 Å². The number of aromatic nitrogens is 1. The van der Waals surface area contributed by atoms with E-state index in [1.807, 2.05) is 19.9 Å². The van der Waals surface area contributed by atoms with Gasteiger partial charge in [0.1, 0.15) is 6.54 Å². The molecule has 0 aliphatic carbocycles. The van der Waals surface area contributed by atoms with Crippen molar-refractivity contribution in [1.29, 1.82) is 0 Å². The molecular formula is C27H26BrN3O3S. The van der Waals surface area contributed by atoms with Gasteiger partial charge in [-0.1, -0.05) is 41.1 Å². The maximum atomic E-state index is 13.0. The first kappa shape index (κ1) is 25.0. The minimum atomic E-state index is -0.458. The van der Waals surface area contributed by atoms with Crippen molar-refractivity contribution in [2.24, 2.45) is 0 Å². The highest BCUT2D eigenvalue weighted by Crippen LogP contribution is 2.34. The zero-order valence-corrected chi connectivity index (χ0v) is 22.4. The molecule has 0 unspecified atom stereocenters. The lowest BCUT2D eigenvalue weighted by atomic mass is 10.1. The number of hydrogen-bond donors (Lipinski definition) is 1. The molecule has 0 radical (unpaired) electrons. The molecule has 8 heteroatoms. The Kier molecular flexibility index (Phi) is 7.33. The van der Waals surface area contributed by atoms with E-state index in [1.54, 1.807) is 30.3 Å². The van der Waals surface area contributed by atoms with Gasteiger partial charge in [-0.25, -0.2) is 0 Å². The van der Waals surface area contributed by atoms with Gasteiger partial charge in [0.05, 0.1) is 10.6 Å². The molecule has 0 atom stereocenters. The molecule has 1 fully saturated rings. The Morgan fingerprint density at radius 2 is 1.80 bits per heavy atom. The fourth-order valence-corrected chi connectivity index (χ4v) is 5.35. The zero-order chi connectivity index (χ0) is 25.3. The van der Waals surface area contributed by atoms with Crippen LogP contribution in [0.1, 0.15) is 35.0 Å². The van der Waals surface area contributed by atoms with Crippen LogP contribution in [0.5, 0.6) is 0 Å². The summed E-state index contributed by atoms with van der Waals surface area (Å²) in [6, 6.07) is 15.4. The van der Waals surface area contributed by atoms with Gasteiger partial charge in [-0.3, -0.25) is 19.3 Å². The highest BCUT2D eigenvalue weighted by atomic mass is 79.9. The molecule has 1 aliphatic rings. The van der Waals surface area contributed by atoms with Crippen molar-refractivity contribution in [2.45, 2.75) is 34.1 Å². The Morgan fingerprint density at radius 1 is 1.09 bits per heavy atom. The Labute approximate surface area is 217 Å². The molecule has 6 nitrogen and oxygen atoms in total. The Bertz CT molecular complexity index is 1360. The SMILES string of the molecule is CCc1cccc(C)c1-n1c(C)cc(/C=C2\SC(=O)N(CC(=O)Nc3ccc(Br)cc3)C2=O)c1C. The lowest BCUT2D eigenvalue weighted by Gasteiger charge is -2.17. The number of halogens is 1. The largest absolute Gasteiger partial charge is 0.325 e. The normalized spacial score (nSPS) is 14.8. The molecule has 1 saturated heterocycles. The number of rotatable bonds is 6. The molecule has 2 aromatic carbocycles. The first-order valence-electron chi connectivity index (χ1n) is 11.3. The number of para-hydroxylation sites is 1. The minimum Gasteiger partial charge on any atom is -0.325 e. The Hall–Kier alpha value is -3.10. The molecule has 3 aromatic rings. The topological polar surface area (TPSA) is 71.4 Å². The second-order valence-electron chi connectivity index (χ2n) is 8.42. The summed E-state index contributed by atoms with van der Waals surface area (Å²) in [5.41, 5.74) is 7.08. The highest BCUT2D eigenvalue weighted by Gasteiger charge is 2.36. The lowest BCUT2D eigenvalue weighted by molar-refractivity contribution is -0.127. The van der Waals surface area contributed by atoms with E-state index in [4.69, 9.17) is 0 Å². The third-order valence-electron chi connectivity index (χ3n) is 5.99. The lowest BCUT2D eigenvalue weighted by Crippen LogP contribution is -2.36. The smallest absolute Gasteiger partial charge is 0.294 e. The third kappa shape index (κ3) is 5.13. The number of benzene rings is 2. The molecule has 1 aliphatic heterocycles. The van der Waals surface area contributed by atoms with E-state index in [-0.39, 0.29) is 6.54 Å². The van der Waals surface area contributed by atoms with Crippen LogP contribution in [0.15, 0.2) is 57.9 Å². The van der Waals surface area contributed by atoms with E-state index >= 15 is 0 Å². The molecule has 1 aromatic heterocycles. The summed E-state index contributed by atoms with van der Waals surface area (Å²) in [5.74, 6) is -0.887. The second kappa shape index (κ2) is 10.3. The zero-order valence-electron chi connectivity index (χ0n) is 20.0. The number of anilines is 1. The molecule has 0 bridgehead atoms. The van der Waals surface area contributed by atoms with Gasteiger partial charge in [0.15, 0.2) is 0 Å². The summed E-state index contributed by atoms with van der Waals surface area (Å²) >= 11 is 4.21. The van der Waals surface area contributed by atoms with Crippen molar-refractivity contribution in [2.75, 3.05) is 11.9 Å². The summed E-state index contributed by atoms with van der Waals surface area (Å²) in [4.78, 5) is 39.3. The number of aryl methyl sites for hydroxylation is 3. The standard InChI is InChI=1S/C27H26BrN3O3S/c1-5-19-8-6-7-16(2)25(19)31-17(3)13-20(18(31)4)14-23-26(33)30(27(34)35-23)15-24(32)29-22-11-9-21(28)10-12-22/h6-14H,5,15H2,1-4H3,(H,29,32)/b23-14-. The molecule has 1 N–H and O–H groups in total. The van der Waals surface area contributed by atoms with Gasteiger partial charge in [-0.05, 0) is 92.1 Å². The van der Waals surface area contributed by atoms with Crippen LogP contribution >= 0.6 is 27.7 Å². The van der Waals surface area contributed by atoms with Gasteiger partial charge in [-0.2, -0.15) is 0 Å². The minimum absolute atomic E-state index is 0.312. The van der Waals surface area contributed by atoms with Crippen molar-refractivity contribution >= 4 is 56.5 Å². The Morgan fingerprint density at radius 3 is 2.49 bits per heavy atom. The van der Waals surface area contributed by atoms with E-state index < -0.39 is 17.1 Å². The van der Waals surface area contributed by atoms with Gasteiger partial charge in [0.25, 0.3) is 11.1 Å². The molecule has 3 amide bonds. The molecule has 2 heterocycles. The van der Waals surface area contributed by atoms with E-state index in [0.29, 0.717) is 10.6 Å². The van der Waals surface area contributed by atoms with Gasteiger partial charge in [-0.15, -0.1) is 0 Å². The van der Waals surface area contributed by atoms with Crippen molar-refractivity contribution in [1.82, 2.24) is 9.47 Å². The number of hydrogen-bond acceptors (Lipinski definition) is 4. The number of carbonyl (C=O) groups is 3. The number of carbonyl (C=O) groups excluding carboxylic acids is 3. The van der Waals surface area contributed by atoms with Crippen LogP contribution in [-0.2, 0) is 16.0 Å². The van der Waals surface area contributed by atoms with Crippen LogP contribution in [0.2, 0.25) is 0 Å². The number of imide groups is 1. The van der Waals surface area contributed by atoms with E-state index in [9.17, 15) is 14.4 Å². The van der Waals surface area contributed by atoms with Crippen LogP contribution in [0.25, 0.3) is 11.8 Å². The highest BCUT2D eigenvalue weighted by molar-refractivity contribution is 9.10. The molecule has 0 spiro atoms. The van der Waals surface area contributed by atoms with Gasteiger partial charge in [0, 0.05) is 21.5 Å². The summed E-state index contributed by atoms with van der Waals surface area (Å²) < 4.78 is 3.09. The van der Waals surface area contributed by atoms with Crippen LogP contribution in [0.3, 0.4) is 0 Å². The maximum Gasteiger partial charge on any atom is 0.294 e. The molecule has 180 valence electrons. The molecule has 4 rings (SSSR count). The molecular weight excluding hydrogens is 526 g/mol. The first-order chi connectivity index (χ1) is 16.7. The summed E-state index contributed by atoms with van der Waals surface area (Å²) in [7, 11) is 0. The Balaban J connectivity index is 1.57. The van der Waals surface area contributed by atoms with Crippen LogP contribution in [-0.4, -0.2) is 33.1 Å². The fourth-order valence-electron chi connectivity index (χ4n) is 4.26. The number of amides is 3. The van der Waals surface area contributed by atoms with Crippen molar-refractivity contribution in [3.8, 4) is 5.69 Å². The molecule has 35 heavy (non-hydrogen) atoms. The summed E-state index contributed by atoms with van der Waals surface area (Å²) in [5, 5.41) is 2.27. The number of thioether (sulfide) groups is 1. The predicted molar refractivity (Wildman–Crippen MR) is 145 cm³/mol. The summed E-state index contributed by atoms with van der Waals surface area (Å²) in [6.07, 6.45) is 2.66. The van der Waals surface area contributed by atoms with Crippen molar-refractivity contribution < 1.29 is 14.4 Å². The predicted octanol–water partition coefficient (Wildman–Crippen LogP) is 6.40. The van der Waals surface area contributed by atoms with Crippen LogP contribution in [0.4, 0.5) is 10.5 Å². The monoisotopic (exact) mass is 551 g/mol.